The Morgan fingerprint density at radius 1 is 0.933 bits per heavy atom. The number of rotatable bonds is 3. The van der Waals surface area contributed by atoms with Crippen molar-refractivity contribution in [2.24, 2.45) is 0 Å². The molecule has 1 aliphatic heterocycles. The molecule has 0 aliphatic carbocycles. The van der Waals surface area contributed by atoms with Crippen molar-refractivity contribution in [3.8, 4) is 5.82 Å². The molecule has 1 aliphatic rings. The van der Waals surface area contributed by atoms with Crippen molar-refractivity contribution < 1.29 is 18.0 Å². The fourth-order valence-corrected chi connectivity index (χ4v) is 3.19. The Kier molecular flexibility index (Phi) is 5.25. The van der Waals surface area contributed by atoms with E-state index in [9.17, 15) is 18.0 Å². The molecule has 1 fully saturated rings. The van der Waals surface area contributed by atoms with Gasteiger partial charge >= 0.3 is 12.2 Å². The number of urea groups is 1. The number of hydrogen-bond acceptors (Lipinski definition) is 5. The number of anilines is 2. The fraction of sp³-hybridized carbons (Fsp3) is 0.263. The highest BCUT2D eigenvalue weighted by atomic mass is 19.4. The third-order valence-electron chi connectivity index (χ3n) is 4.74. The Labute approximate surface area is 169 Å². The number of hydrogen-bond donors (Lipinski definition) is 1. The van der Waals surface area contributed by atoms with E-state index in [0.717, 1.165) is 6.07 Å². The first-order valence-electron chi connectivity index (χ1n) is 9.23. The van der Waals surface area contributed by atoms with Crippen LogP contribution in [0.25, 0.3) is 5.82 Å². The molecular formula is C19H18F3N7O. The lowest BCUT2D eigenvalue weighted by atomic mass is 10.1. The normalized spacial score (nSPS) is 14.6. The van der Waals surface area contributed by atoms with Crippen LogP contribution in [-0.4, -0.2) is 57.1 Å². The van der Waals surface area contributed by atoms with E-state index in [1.54, 1.807) is 29.2 Å². The summed E-state index contributed by atoms with van der Waals surface area (Å²) in [6.07, 6.45) is -1.13. The Balaban J connectivity index is 1.36. The van der Waals surface area contributed by atoms with Gasteiger partial charge in [0.1, 0.15) is 0 Å². The number of piperazine rings is 1. The van der Waals surface area contributed by atoms with Crippen LogP contribution in [0.5, 0.6) is 0 Å². The first-order chi connectivity index (χ1) is 14.4. The molecular weight excluding hydrogens is 399 g/mol. The molecule has 3 heterocycles. The molecule has 0 atom stereocenters. The molecule has 0 spiro atoms. The maximum absolute atomic E-state index is 13.1. The molecule has 1 N–H and O–H groups in total. The van der Waals surface area contributed by atoms with E-state index in [0.29, 0.717) is 37.8 Å². The van der Waals surface area contributed by atoms with Crippen molar-refractivity contribution in [3.63, 3.8) is 0 Å². The van der Waals surface area contributed by atoms with E-state index in [1.165, 1.54) is 23.1 Å². The first-order valence-corrected chi connectivity index (χ1v) is 9.23. The van der Waals surface area contributed by atoms with Crippen molar-refractivity contribution in [1.82, 2.24) is 24.9 Å². The molecule has 2 aromatic heterocycles. The summed E-state index contributed by atoms with van der Waals surface area (Å²) in [6, 6.07) is 9.76. The summed E-state index contributed by atoms with van der Waals surface area (Å²) in [7, 11) is 0. The lowest BCUT2D eigenvalue weighted by Crippen LogP contribution is -2.50. The zero-order valence-corrected chi connectivity index (χ0v) is 15.8. The van der Waals surface area contributed by atoms with E-state index in [1.807, 2.05) is 11.0 Å². The summed E-state index contributed by atoms with van der Waals surface area (Å²) in [5, 5.41) is 14.8. The molecule has 11 heteroatoms. The van der Waals surface area contributed by atoms with E-state index in [2.05, 4.69) is 20.6 Å². The van der Waals surface area contributed by atoms with E-state index >= 15 is 0 Å². The molecule has 0 bridgehead atoms. The predicted octanol–water partition coefficient (Wildman–Crippen LogP) is 3.04. The van der Waals surface area contributed by atoms with Gasteiger partial charge in [-0.05, 0) is 30.3 Å². The number of nitrogens with one attached hydrogen (secondary N) is 1. The standard InChI is InChI=1S/C19H18F3N7O/c20-19(21,22)14-4-1-2-5-15(14)24-18(30)28-12-10-27(11-13-28)16-6-7-17(26-25-16)29-9-3-8-23-29/h1-9H,10-13H2,(H,24,30). The highest BCUT2D eigenvalue weighted by molar-refractivity contribution is 5.90. The van der Waals surface area contributed by atoms with Gasteiger partial charge in [0.05, 0.1) is 11.3 Å². The van der Waals surface area contributed by atoms with Crippen molar-refractivity contribution in [1.29, 1.82) is 0 Å². The lowest BCUT2D eigenvalue weighted by Gasteiger charge is -2.35. The number of benzene rings is 1. The monoisotopic (exact) mass is 417 g/mol. The lowest BCUT2D eigenvalue weighted by molar-refractivity contribution is -0.136. The SMILES string of the molecule is O=C(Nc1ccccc1C(F)(F)F)N1CCN(c2ccc(-n3cccn3)nn2)CC1. The molecule has 156 valence electrons. The van der Waals surface area contributed by atoms with E-state index < -0.39 is 17.8 Å². The second-order valence-electron chi connectivity index (χ2n) is 6.65. The number of amides is 2. The minimum atomic E-state index is -4.54. The topological polar surface area (TPSA) is 79.2 Å². The Hall–Kier alpha value is -3.63. The van der Waals surface area contributed by atoms with Crippen molar-refractivity contribution >= 4 is 17.5 Å². The number of halogens is 3. The number of alkyl halides is 3. The highest BCUT2D eigenvalue weighted by Crippen LogP contribution is 2.34. The third-order valence-corrected chi connectivity index (χ3v) is 4.74. The zero-order chi connectivity index (χ0) is 21.1. The summed E-state index contributed by atoms with van der Waals surface area (Å²) < 4.78 is 40.9. The third kappa shape index (κ3) is 4.19. The van der Waals surface area contributed by atoms with Crippen LogP contribution in [0.3, 0.4) is 0 Å². The predicted molar refractivity (Wildman–Crippen MR) is 103 cm³/mol. The summed E-state index contributed by atoms with van der Waals surface area (Å²) in [5.41, 5.74) is -1.12. The molecule has 4 rings (SSSR count). The molecule has 8 nitrogen and oxygen atoms in total. The van der Waals surface area contributed by atoms with E-state index in [4.69, 9.17) is 0 Å². The highest BCUT2D eigenvalue weighted by Gasteiger charge is 2.34. The van der Waals surface area contributed by atoms with Gasteiger partial charge in [0.2, 0.25) is 0 Å². The molecule has 1 saturated heterocycles. The maximum atomic E-state index is 13.1. The smallest absolute Gasteiger partial charge is 0.352 e. The first kappa shape index (κ1) is 19.7. The van der Waals surface area contributed by atoms with Crippen molar-refractivity contribution in [2.45, 2.75) is 6.18 Å². The molecule has 0 saturated carbocycles. The number of carbonyl (C=O) groups is 1. The van der Waals surface area contributed by atoms with Gasteiger partial charge in [-0.2, -0.15) is 18.3 Å². The average Bonchev–Trinajstić information content (AvgIpc) is 3.29. The minimum Gasteiger partial charge on any atom is -0.352 e. The van der Waals surface area contributed by atoms with Crippen LogP contribution < -0.4 is 10.2 Å². The van der Waals surface area contributed by atoms with Gasteiger partial charge in [0.15, 0.2) is 11.6 Å². The molecule has 2 amide bonds. The second-order valence-corrected chi connectivity index (χ2v) is 6.65. The average molecular weight is 417 g/mol. The van der Waals surface area contributed by atoms with Crippen LogP contribution in [0.4, 0.5) is 29.5 Å². The van der Waals surface area contributed by atoms with Gasteiger partial charge in [-0.25, -0.2) is 9.48 Å². The van der Waals surface area contributed by atoms with Crippen LogP contribution in [0.15, 0.2) is 54.9 Å². The van der Waals surface area contributed by atoms with Crippen LogP contribution in [0, 0.1) is 0 Å². The molecule has 0 unspecified atom stereocenters. The van der Waals surface area contributed by atoms with Crippen LogP contribution >= 0.6 is 0 Å². The molecule has 30 heavy (non-hydrogen) atoms. The number of aromatic nitrogens is 4. The van der Waals surface area contributed by atoms with Gasteiger partial charge in [-0.1, -0.05) is 12.1 Å². The Morgan fingerprint density at radius 3 is 2.27 bits per heavy atom. The summed E-state index contributed by atoms with van der Waals surface area (Å²) in [4.78, 5) is 15.9. The zero-order valence-electron chi connectivity index (χ0n) is 15.8. The largest absolute Gasteiger partial charge is 0.418 e. The maximum Gasteiger partial charge on any atom is 0.418 e. The molecule has 1 aromatic carbocycles. The van der Waals surface area contributed by atoms with Gasteiger partial charge in [0, 0.05) is 38.6 Å². The van der Waals surface area contributed by atoms with Gasteiger partial charge in [-0.15, -0.1) is 10.2 Å². The number of para-hydroxylation sites is 1. The molecule has 0 radical (unpaired) electrons. The fourth-order valence-electron chi connectivity index (χ4n) is 3.19. The van der Waals surface area contributed by atoms with Crippen LogP contribution in [0.2, 0.25) is 0 Å². The minimum absolute atomic E-state index is 0.252. The van der Waals surface area contributed by atoms with Crippen molar-refractivity contribution in [2.75, 3.05) is 36.4 Å². The van der Waals surface area contributed by atoms with E-state index in [-0.39, 0.29) is 5.69 Å². The Bertz CT molecular complexity index is 998. The van der Waals surface area contributed by atoms with Crippen molar-refractivity contribution in [3.05, 3.63) is 60.4 Å². The van der Waals surface area contributed by atoms with Crippen LogP contribution in [0.1, 0.15) is 5.56 Å². The second kappa shape index (κ2) is 8.01. The van der Waals surface area contributed by atoms with Gasteiger partial charge < -0.3 is 15.1 Å². The summed E-state index contributed by atoms with van der Waals surface area (Å²) in [6.45, 7) is 1.68. The van der Waals surface area contributed by atoms with Gasteiger partial charge in [0.25, 0.3) is 0 Å². The Morgan fingerprint density at radius 2 is 1.63 bits per heavy atom. The molecule has 3 aromatic rings. The quantitative estimate of drug-likeness (QED) is 0.709. The summed E-state index contributed by atoms with van der Waals surface area (Å²) >= 11 is 0. The number of nitrogens with zero attached hydrogens (tertiary/aromatic N) is 6. The van der Waals surface area contributed by atoms with Gasteiger partial charge in [-0.3, -0.25) is 0 Å². The number of carbonyl (C=O) groups excluding carboxylic acids is 1. The van der Waals surface area contributed by atoms with Crippen LogP contribution in [-0.2, 0) is 6.18 Å². The summed E-state index contributed by atoms with van der Waals surface area (Å²) in [5.74, 6) is 1.25.